The maximum Gasteiger partial charge on any atom is 0.221 e. The van der Waals surface area contributed by atoms with Crippen LogP contribution >= 0.6 is 11.8 Å². The zero-order valence-electron chi connectivity index (χ0n) is 11.2. The number of carbonyl (C=O) groups is 2. The van der Waals surface area contributed by atoms with Gasteiger partial charge in [0.2, 0.25) is 11.8 Å². The van der Waals surface area contributed by atoms with Crippen LogP contribution in [0, 0.1) is 0 Å². The van der Waals surface area contributed by atoms with Crippen molar-refractivity contribution in [3.63, 3.8) is 0 Å². The lowest BCUT2D eigenvalue weighted by Gasteiger charge is -2.22. The third kappa shape index (κ3) is 6.29. The van der Waals surface area contributed by atoms with E-state index in [4.69, 9.17) is 0 Å². The number of rotatable bonds is 7. The molecule has 19 heavy (non-hydrogen) atoms. The van der Waals surface area contributed by atoms with E-state index in [2.05, 4.69) is 16.0 Å². The van der Waals surface area contributed by atoms with Gasteiger partial charge in [0.25, 0.3) is 0 Å². The Balaban J connectivity index is 1.47. The molecule has 6 heteroatoms. The summed E-state index contributed by atoms with van der Waals surface area (Å²) < 4.78 is 0. The maximum absolute atomic E-state index is 11.7. The minimum absolute atomic E-state index is 0.0857. The van der Waals surface area contributed by atoms with Gasteiger partial charge in [-0.3, -0.25) is 9.59 Å². The first kappa shape index (κ1) is 14.7. The van der Waals surface area contributed by atoms with E-state index in [0.717, 1.165) is 37.3 Å². The van der Waals surface area contributed by atoms with Crippen LogP contribution in [0.4, 0.5) is 0 Å². The molecule has 0 aromatic heterocycles. The highest BCUT2D eigenvalue weighted by Crippen LogP contribution is 2.18. The SMILES string of the molecule is O=C(CC1CSCCN1)NCCCC(=O)NC1CC1. The summed E-state index contributed by atoms with van der Waals surface area (Å²) in [5.41, 5.74) is 0. The summed E-state index contributed by atoms with van der Waals surface area (Å²) in [6.07, 6.45) is 4.01. The first-order chi connectivity index (χ1) is 9.24. The summed E-state index contributed by atoms with van der Waals surface area (Å²) in [6, 6.07) is 0.730. The molecule has 1 aliphatic carbocycles. The number of hydrogen-bond acceptors (Lipinski definition) is 4. The van der Waals surface area contributed by atoms with Crippen molar-refractivity contribution in [2.75, 3.05) is 24.6 Å². The molecule has 1 saturated carbocycles. The van der Waals surface area contributed by atoms with Gasteiger partial charge in [0.05, 0.1) is 0 Å². The van der Waals surface area contributed by atoms with E-state index < -0.39 is 0 Å². The minimum Gasteiger partial charge on any atom is -0.356 e. The van der Waals surface area contributed by atoms with Crippen LogP contribution in [0.15, 0.2) is 0 Å². The topological polar surface area (TPSA) is 70.2 Å². The second-order valence-corrected chi connectivity index (χ2v) is 6.38. The molecule has 1 saturated heterocycles. The molecule has 0 aromatic carbocycles. The zero-order chi connectivity index (χ0) is 13.5. The van der Waals surface area contributed by atoms with Crippen LogP contribution in [0.5, 0.6) is 0 Å². The van der Waals surface area contributed by atoms with Crippen LogP contribution in [0.25, 0.3) is 0 Å². The lowest BCUT2D eigenvalue weighted by molar-refractivity contribution is -0.123. The summed E-state index contributed by atoms with van der Waals surface area (Å²) in [7, 11) is 0. The molecule has 2 fully saturated rings. The molecule has 1 atom stereocenters. The van der Waals surface area contributed by atoms with Crippen molar-refractivity contribution in [2.45, 2.75) is 44.2 Å². The molecule has 0 radical (unpaired) electrons. The van der Waals surface area contributed by atoms with Gasteiger partial charge in [-0.15, -0.1) is 0 Å². The number of thioether (sulfide) groups is 1. The van der Waals surface area contributed by atoms with Crippen LogP contribution in [-0.2, 0) is 9.59 Å². The average molecular weight is 285 g/mol. The van der Waals surface area contributed by atoms with Gasteiger partial charge in [0, 0.05) is 49.5 Å². The smallest absolute Gasteiger partial charge is 0.221 e. The molecule has 2 amide bonds. The van der Waals surface area contributed by atoms with Crippen LogP contribution in [0.2, 0.25) is 0 Å². The van der Waals surface area contributed by atoms with Crippen molar-refractivity contribution in [2.24, 2.45) is 0 Å². The van der Waals surface area contributed by atoms with E-state index in [1.807, 2.05) is 11.8 Å². The molecule has 1 heterocycles. The second kappa shape index (κ2) is 7.75. The fourth-order valence-corrected chi connectivity index (χ4v) is 3.00. The molecule has 2 aliphatic rings. The number of amides is 2. The Kier molecular flexibility index (Phi) is 5.97. The Morgan fingerprint density at radius 1 is 1.26 bits per heavy atom. The molecular weight excluding hydrogens is 262 g/mol. The van der Waals surface area contributed by atoms with Crippen molar-refractivity contribution in [3.8, 4) is 0 Å². The molecule has 3 N–H and O–H groups in total. The number of carbonyl (C=O) groups excluding carboxylic acids is 2. The van der Waals surface area contributed by atoms with Crippen LogP contribution in [0.1, 0.15) is 32.1 Å². The normalized spacial score (nSPS) is 22.8. The third-order valence-electron chi connectivity index (χ3n) is 3.28. The summed E-state index contributed by atoms with van der Waals surface area (Å²) in [5.74, 6) is 2.34. The largest absolute Gasteiger partial charge is 0.356 e. The van der Waals surface area contributed by atoms with E-state index in [-0.39, 0.29) is 11.8 Å². The van der Waals surface area contributed by atoms with Gasteiger partial charge in [-0.1, -0.05) is 0 Å². The predicted octanol–water partition coefficient (Wildman–Crippen LogP) is 0.257. The molecule has 5 nitrogen and oxygen atoms in total. The van der Waals surface area contributed by atoms with Crippen LogP contribution < -0.4 is 16.0 Å². The Bertz CT molecular complexity index is 315. The Labute approximate surface area is 118 Å². The second-order valence-electron chi connectivity index (χ2n) is 5.23. The van der Waals surface area contributed by atoms with Gasteiger partial charge >= 0.3 is 0 Å². The summed E-state index contributed by atoms with van der Waals surface area (Å²) in [4.78, 5) is 23.1. The van der Waals surface area contributed by atoms with Crippen molar-refractivity contribution in [3.05, 3.63) is 0 Å². The van der Waals surface area contributed by atoms with Gasteiger partial charge in [-0.05, 0) is 19.3 Å². The van der Waals surface area contributed by atoms with Gasteiger partial charge < -0.3 is 16.0 Å². The highest BCUT2D eigenvalue weighted by atomic mass is 32.2. The monoisotopic (exact) mass is 285 g/mol. The summed E-state index contributed by atoms with van der Waals surface area (Å²) in [5, 5.41) is 9.17. The lowest BCUT2D eigenvalue weighted by atomic mass is 10.2. The Hall–Kier alpha value is -0.750. The summed E-state index contributed by atoms with van der Waals surface area (Å²) >= 11 is 1.89. The average Bonchev–Trinajstić information content (AvgIpc) is 3.20. The van der Waals surface area contributed by atoms with E-state index in [1.54, 1.807) is 0 Å². The first-order valence-corrected chi connectivity index (χ1v) is 8.26. The zero-order valence-corrected chi connectivity index (χ0v) is 12.1. The molecular formula is C13H23N3O2S. The lowest BCUT2D eigenvalue weighted by Crippen LogP contribution is -2.41. The van der Waals surface area contributed by atoms with E-state index in [0.29, 0.717) is 31.5 Å². The number of nitrogens with one attached hydrogen (secondary N) is 3. The molecule has 0 spiro atoms. The quantitative estimate of drug-likeness (QED) is 0.587. The van der Waals surface area contributed by atoms with Gasteiger partial charge in [0.15, 0.2) is 0 Å². The fraction of sp³-hybridized carbons (Fsp3) is 0.846. The fourth-order valence-electron chi connectivity index (χ4n) is 2.05. The molecule has 0 aromatic rings. The van der Waals surface area contributed by atoms with Gasteiger partial charge in [-0.25, -0.2) is 0 Å². The molecule has 0 bridgehead atoms. The first-order valence-electron chi connectivity index (χ1n) is 7.11. The Morgan fingerprint density at radius 2 is 2.11 bits per heavy atom. The van der Waals surface area contributed by atoms with Crippen LogP contribution in [0.3, 0.4) is 0 Å². The maximum atomic E-state index is 11.7. The van der Waals surface area contributed by atoms with Crippen molar-refractivity contribution in [1.82, 2.24) is 16.0 Å². The van der Waals surface area contributed by atoms with Crippen molar-refractivity contribution >= 4 is 23.6 Å². The van der Waals surface area contributed by atoms with E-state index in [9.17, 15) is 9.59 Å². The molecule has 1 unspecified atom stereocenters. The molecule has 108 valence electrons. The standard InChI is InChI=1S/C13H23N3O2S/c17-12(16-10-3-4-10)2-1-5-15-13(18)8-11-9-19-7-6-14-11/h10-11,14H,1-9H2,(H,15,18)(H,16,17). The predicted molar refractivity (Wildman–Crippen MR) is 77.1 cm³/mol. The van der Waals surface area contributed by atoms with E-state index in [1.165, 1.54) is 0 Å². The molecule has 2 rings (SSSR count). The highest BCUT2D eigenvalue weighted by Gasteiger charge is 2.22. The third-order valence-corrected chi connectivity index (χ3v) is 4.41. The van der Waals surface area contributed by atoms with Crippen molar-refractivity contribution < 1.29 is 9.59 Å². The van der Waals surface area contributed by atoms with Gasteiger partial charge in [-0.2, -0.15) is 11.8 Å². The Morgan fingerprint density at radius 3 is 2.79 bits per heavy atom. The molecule has 1 aliphatic heterocycles. The van der Waals surface area contributed by atoms with E-state index >= 15 is 0 Å². The minimum atomic E-state index is 0.0857. The van der Waals surface area contributed by atoms with Gasteiger partial charge in [0.1, 0.15) is 0 Å². The van der Waals surface area contributed by atoms with Crippen LogP contribution in [-0.4, -0.2) is 48.5 Å². The highest BCUT2D eigenvalue weighted by molar-refractivity contribution is 7.99. The van der Waals surface area contributed by atoms with Crippen molar-refractivity contribution in [1.29, 1.82) is 0 Å². The number of hydrogen-bond donors (Lipinski definition) is 3. The summed E-state index contributed by atoms with van der Waals surface area (Å²) in [6.45, 7) is 1.58.